The maximum atomic E-state index is 12.1. The lowest BCUT2D eigenvalue weighted by atomic mass is 10.1. The highest BCUT2D eigenvalue weighted by Crippen LogP contribution is 2.29. The quantitative estimate of drug-likeness (QED) is 0.667. The van der Waals surface area contributed by atoms with E-state index in [0.29, 0.717) is 17.2 Å². The number of nitrogens with two attached hydrogens (primary N) is 1. The number of carbonyl (C=O) groups is 2. The van der Waals surface area contributed by atoms with Crippen LogP contribution in [-0.4, -0.2) is 37.6 Å². The van der Waals surface area contributed by atoms with Crippen molar-refractivity contribution in [3.05, 3.63) is 18.2 Å². The van der Waals surface area contributed by atoms with Gasteiger partial charge in [0.2, 0.25) is 11.8 Å². The van der Waals surface area contributed by atoms with Crippen LogP contribution >= 0.6 is 0 Å². The van der Waals surface area contributed by atoms with Crippen molar-refractivity contribution in [3.63, 3.8) is 0 Å². The first-order valence-corrected chi connectivity index (χ1v) is 7.92. The summed E-state index contributed by atoms with van der Waals surface area (Å²) in [4.78, 5) is 23.9. The smallest absolute Gasteiger partial charge is 0.243 e. The predicted molar refractivity (Wildman–Crippen MR) is 93.2 cm³/mol. The average Bonchev–Trinajstić information content (AvgIpc) is 2.52. The van der Waals surface area contributed by atoms with Crippen molar-refractivity contribution in [1.82, 2.24) is 5.32 Å². The van der Waals surface area contributed by atoms with Gasteiger partial charge in [-0.05, 0) is 31.9 Å². The second-order valence-corrected chi connectivity index (χ2v) is 6.06. The Kier molecular flexibility index (Phi) is 7.51. The maximum absolute atomic E-state index is 12.1. The molecule has 4 N–H and O–H groups in total. The molecular formula is C17H27N3O4. The van der Waals surface area contributed by atoms with E-state index < -0.39 is 6.04 Å². The van der Waals surface area contributed by atoms with Gasteiger partial charge in [0.25, 0.3) is 0 Å². The molecule has 0 heterocycles. The Morgan fingerprint density at radius 3 is 2.42 bits per heavy atom. The Bertz CT molecular complexity index is 573. The molecule has 7 heteroatoms. The summed E-state index contributed by atoms with van der Waals surface area (Å²) in [5, 5.41) is 5.24. The predicted octanol–water partition coefficient (Wildman–Crippen LogP) is 1.52. The SMILES string of the molecule is COc1ccc(OC(C)C)c(NC(=O)CNC(=O)[C@@H](N)C(C)C)c1. The molecule has 0 aliphatic carbocycles. The van der Waals surface area contributed by atoms with Gasteiger partial charge in [-0.3, -0.25) is 9.59 Å². The van der Waals surface area contributed by atoms with Gasteiger partial charge in [-0.2, -0.15) is 0 Å². The van der Waals surface area contributed by atoms with Crippen LogP contribution in [0.3, 0.4) is 0 Å². The van der Waals surface area contributed by atoms with Gasteiger partial charge in [0.05, 0.1) is 31.5 Å². The standard InChI is InChI=1S/C17H27N3O4/c1-10(2)16(18)17(22)19-9-15(21)20-13-8-12(23-5)6-7-14(13)24-11(3)4/h6-8,10-11,16H,9,18H2,1-5H3,(H,19,22)(H,20,21)/t16-/m0/s1. The molecule has 0 fully saturated rings. The highest BCUT2D eigenvalue weighted by atomic mass is 16.5. The van der Waals surface area contributed by atoms with Crippen LogP contribution in [0.25, 0.3) is 0 Å². The van der Waals surface area contributed by atoms with Gasteiger partial charge < -0.3 is 25.8 Å². The van der Waals surface area contributed by atoms with Gasteiger partial charge >= 0.3 is 0 Å². The van der Waals surface area contributed by atoms with Crippen molar-refractivity contribution in [3.8, 4) is 11.5 Å². The molecule has 0 aromatic heterocycles. The van der Waals surface area contributed by atoms with Crippen LogP contribution in [0.4, 0.5) is 5.69 Å². The van der Waals surface area contributed by atoms with Crippen LogP contribution in [0.2, 0.25) is 0 Å². The van der Waals surface area contributed by atoms with Crippen LogP contribution in [-0.2, 0) is 9.59 Å². The summed E-state index contributed by atoms with van der Waals surface area (Å²) < 4.78 is 10.8. The van der Waals surface area contributed by atoms with Crippen LogP contribution in [0.5, 0.6) is 11.5 Å². The number of hydrogen-bond donors (Lipinski definition) is 3. The van der Waals surface area contributed by atoms with Crippen LogP contribution in [0, 0.1) is 5.92 Å². The van der Waals surface area contributed by atoms with Gasteiger partial charge in [-0.25, -0.2) is 0 Å². The van der Waals surface area contributed by atoms with Crippen LogP contribution in [0.15, 0.2) is 18.2 Å². The summed E-state index contributed by atoms with van der Waals surface area (Å²) in [6.45, 7) is 7.30. The Morgan fingerprint density at radius 1 is 1.21 bits per heavy atom. The van der Waals surface area contributed by atoms with Crippen molar-refractivity contribution < 1.29 is 19.1 Å². The largest absolute Gasteiger partial charge is 0.497 e. The molecule has 0 unspecified atom stereocenters. The molecule has 1 atom stereocenters. The fourth-order valence-corrected chi connectivity index (χ4v) is 1.87. The maximum Gasteiger partial charge on any atom is 0.243 e. The summed E-state index contributed by atoms with van der Waals surface area (Å²) in [5.74, 6) is 0.389. The van der Waals surface area contributed by atoms with Gasteiger partial charge in [-0.15, -0.1) is 0 Å². The lowest BCUT2D eigenvalue weighted by Gasteiger charge is -2.17. The minimum atomic E-state index is -0.644. The van der Waals surface area contributed by atoms with Crippen molar-refractivity contribution in [2.24, 2.45) is 11.7 Å². The number of amides is 2. The van der Waals surface area contributed by atoms with E-state index in [-0.39, 0.29) is 30.4 Å². The highest BCUT2D eigenvalue weighted by molar-refractivity contribution is 5.96. The normalized spacial score (nSPS) is 12.0. The molecule has 2 amide bonds. The summed E-state index contributed by atoms with van der Waals surface area (Å²) in [6, 6.07) is 4.49. The van der Waals surface area contributed by atoms with E-state index >= 15 is 0 Å². The summed E-state index contributed by atoms with van der Waals surface area (Å²) in [7, 11) is 1.54. The Morgan fingerprint density at radius 2 is 1.88 bits per heavy atom. The van der Waals surface area contributed by atoms with E-state index in [2.05, 4.69) is 10.6 Å². The fraction of sp³-hybridized carbons (Fsp3) is 0.529. The molecule has 0 radical (unpaired) electrons. The van der Waals surface area contributed by atoms with E-state index in [9.17, 15) is 9.59 Å². The molecular weight excluding hydrogens is 310 g/mol. The lowest BCUT2D eigenvalue weighted by molar-refractivity contribution is -0.125. The molecule has 0 aliphatic heterocycles. The van der Waals surface area contributed by atoms with E-state index in [1.165, 1.54) is 7.11 Å². The van der Waals surface area contributed by atoms with Gasteiger partial charge in [0.1, 0.15) is 11.5 Å². The number of rotatable bonds is 8. The Hall–Kier alpha value is -2.28. The monoisotopic (exact) mass is 337 g/mol. The minimum Gasteiger partial charge on any atom is -0.497 e. The minimum absolute atomic E-state index is 0.00232. The Balaban J connectivity index is 2.73. The van der Waals surface area contributed by atoms with E-state index in [1.54, 1.807) is 18.2 Å². The zero-order valence-corrected chi connectivity index (χ0v) is 14.9. The highest BCUT2D eigenvalue weighted by Gasteiger charge is 2.18. The van der Waals surface area contributed by atoms with Crippen molar-refractivity contribution in [2.45, 2.75) is 39.8 Å². The first-order chi connectivity index (χ1) is 11.2. The third kappa shape index (κ3) is 6.08. The van der Waals surface area contributed by atoms with Gasteiger partial charge in [0.15, 0.2) is 0 Å². The van der Waals surface area contributed by atoms with Gasteiger partial charge in [0, 0.05) is 6.07 Å². The third-order valence-electron chi connectivity index (χ3n) is 3.27. The molecule has 0 saturated heterocycles. The molecule has 0 spiro atoms. The van der Waals surface area contributed by atoms with Crippen molar-refractivity contribution in [1.29, 1.82) is 0 Å². The number of methoxy groups -OCH3 is 1. The number of carbonyl (C=O) groups excluding carboxylic acids is 2. The molecule has 1 aromatic carbocycles. The van der Waals surface area contributed by atoms with E-state index in [4.69, 9.17) is 15.2 Å². The number of benzene rings is 1. The number of ether oxygens (including phenoxy) is 2. The van der Waals surface area contributed by atoms with Gasteiger partial charge in [-0.1, -0.05) is 13.8 Å². The van der Waals surface area contributed by atoms with E-state index in [1.807, 2.05) is 27.7 Å². The number of anilines is 1. The second-order valence-electron chi connectivity index (χ2n) is 6.06. The molecule has 24 heavy (non-hydrogen) atoms. The third-order valence-corrected chi connectivity index (χ3v) is 3.27. The zero-order chi connectivity index (χ0) is 18.3. The molecule has 0 saturated carbocycles. The zero-order valence-electron chi connectivity index (χ0n) is 14.9. The summed E-state index contributed by atoms with van der Waals surface area (Å²) in [6.07, 6.45) is -0.0437. The molecule has 0 bridgehead atoms. The Labute approximate surface area is 142 Å². The van der Waals surface area contributed by atoms with Crippen LogP contribution in [0.1, 0.15) is 27.7 Å². The topological polar surface area (TPSA) is 103 Å². The van der Waals surface area contributed by atoms with E-state index in [0.717, 1.165) is 0 Å². The number of hydrogen-bond acceptors (Lipinski definition) is 5. The number of nitrogens with one attached hydrogen (secondary N) is 2. The fourth-order valence-electron chi connectivity index (χ4n) is 1.87. The average molecular weight is 337 g/mol. The molecule has 134 valence electrons. The van der Waals surface area contributed by atoms with Crippen LogP contribution < -0.4 is 25.8 Å². The lowest BCUT2D eigenvalue weighted by Crippen LogP contribution is -2.46. The first kappa shape index (κ1) is 19.8. The molecule has 1 rings (SSSR count). The van der Waals surface area contributed by atoms with Crippen molar-refractivity contribution >= 4 is 17.5 Å². The van der Waals surface area contributed by atoms with Crippen molar-refractivity contribution in [2.75, 3.05) is 19.0 Å². The molecule has 1 aromatic rings. The molecule has 0 aliphatic rings. The second kappa shape index (κ2) is 9.12. The summed E-state index contributed by atoms with van der Waals surface area (Å²) >= 11 is 0. The summed E-state index contributed by atoms with van der Waals surface area (Å²) in [5.41, 5.74) is 6.22. The first-order valence-electron chi connectivity index (χ1n) is 7.92. The molecule has 7 nitrogen and oxygen atoms in total.